The maximum atomic E-state index is 11.4. The summed E-state index contributed by atoms with van der Waals surface area (Å²) in [5.41, 5.74) is 11.6. The van der Waals surface area contributed by atoms with Crippen molar-refractivity contribution in [3.05, 3.63) is 107 Å². The SMILES string of the molecule is N[C@@H](CSC1(c2ccccc2)c2ccccc2C=Cc2ccccc21)C(=O)O. The second-order valence-corrected chi connectivity index (χ2v) is 8.05. The van der Waals surface area contributed by atoms with Gasteiger partial charge in [-0.05, 0) is 27.8 Å². The van der Waals surface area contributed by atoms with Crippen molar-refractivity contribution in [3.63, 3.8) is 0 Å². The first-order valence-electron chi connectivity index (χ1n) is 9.18. The highest BCUT2D eigenvalue weighted by Gasteiger charge is 2.41. The van der Waals surface area contributed by atoms with Crippen molar-refractivity contribution in [2.24, 2.45) is 5.73 Å². The second kappa shape index (κ2) is 7.66. The Morgan fingerprint density at radius 1 is 0.857 bits per heavy atom. The van der Waals surface area contributed by atoms with Crippen LogP contribution < -0.4 is 5.73 Å². The molecule has 0 unspecified atom stereocenters. The van der Waals surface area contributed by atoms with Gasteiger partial charge >= 0.3 is 5.97 Å². The van der Waals surface area contributed by atoms with E-state index in [1.807, 2.05) is 42.5 Å². The van der Waals surface area contributed by atoms with Gasteiger partial charge in [-0.3, -0.25) is 4.79 Å². The monoisotopic (exact) mass is 387 g/mol. The fourth-order valence-electron chi connectivity index (χ4n) is 3.76. The van der Waals surface area contributed by atoms with Gasteiger partial charge in [-0.1, -0.05) is 91.0 Å². The van der Waals surface area contributed by atoms with Gasteiger partial charge in [0, 0.05) is 5.75 Å². The molecule has 1 aliphatic carbocycles. The zero-order chi connectivity index (χ0) is 19.6. The van der Waals surface area contributed by atoms with Gasteiger partial charge in [-0.25, -0.2) is 0 Å². The molecular weight excluding hydrogens is 366 g/mol. The summed E-state index contributed by atoms with van der Waals surface area (Å²) in [6.07, 6.45) is 4.27. The average Bonchev–Trinajstić information content (AvgIpc) is 2.88. The Kier molecular flexibility index (Phi) is 5.07. The number of carbonyl (C=O) groups is 1. The standard InChI is InChI=1S/C24H21NO2S/c25-22(23(26)27)16-28-24(19-10-2-1-3-11-19)20-12-6-4-8-17(20)14-15-18-9-5-7-13-21(18)24/h1-15,22H,16,25H2,(H,26,27)/t22-/m0/s1. The lowest BCUT2D eigenvalue weighted by atomic mass is 9.81. The molecule has 28 heavy (non-hydrogen) atoms. The van der Waals surface area contributed by atoms with Gasteiger partial charge < -0.3 is 10.8 Å². The van der Waals surface area contributed by atoms with E-state index in [2.05, 4.69) is 48.6 Å². The molecule has 1 aliphatic rings. The van der Waals surface area contributed by atoms with Crippen LogP contribution in [-0.2, 0) is 9.54 Å². The number of fused-ring (bicyclic) bond motifs is 2. The van der Waals surface area contributed by atoms with E-state index in [1.54, 1.807) is 11.8 Å². The molecule has 0 heterocycles. The number of hydrogen-bond donors (Lipinski definition) is 2. The highest BCUT2D eigenvalue weighted by atomic mass is 32.2. The third kappa shape index (κ3) is 3.15. The number of nitrogens with two attached hydrogens (primary N) is 1. The van der Waals surface area contributed by atoms with E-state index < -0.39 is 16.8 Å². The smallest absolute Gasteiger partial charge is 0.321 e. The van der Waals surface area contributed by atoms with Gasteiger partial charge in [0.25, 0.3) is 0 Å². The molecule has 0 aliphatic heterocycles. The van der Waals surface area contributed by atoms with Crippen LogP contribution >= 0.6 is 11.8 Å². The Labute approximate surface area is 168 Å². The second-order valence-electron chi connectivity index (χ2n) is 6.81. The van der Waals surface area contributed by atoms with Crippen molar-refractivity contribution < 1.29 is 9.90 Å². The highest BCUT2D eigenvalue weighted by molar-refractivity contribution is 8.00. The number of rotatable bonds is 5. The molecule has 3 nitrogen and oxygen atoms in total. The number of aliphatic carboxylic acids is 1. The summed E-state index contributed by atoms with van der Waals surface area (Å²) in [6, 6.07) is 25.9. The van der Waals surface area contributed by atoms with Gasteiger partial charge in [0.1, 0.15) is 6.04 Å². The minimum absolute atomic E-state index is 0.299. The molecular formula is C24H21NO2S. The lowest BCUT2D eigenvalue weighted by molar-refractivity contribution is -0.137. The molecule has 140 valence electrons. The van der Waals surface area contributed by atoms with Crippen molar-refractivity contribution in [1.29, 1.82) is 0 Å². The van der Waals surface area contributed by atoms with Gasteiger partial charge in [0.15, 0.2) is 0 Å². The Morgan fingerprint density at radius 2 is 1.36 bits per heavy atom. The molecule has 3 aromatic rings. The highest BCUT2D eigenvalue weighted by Crippen LogP contribution is 2.52. The molecule has 4 rings (SSSR count). The van der Waals surface area contributed by atoms with E-state index in [0.717, 1.165) is 27.8 Å². The average molecular weight is 388 g/mol. The number of thioether (sulfide) groups is 1. The van der Waals surface area contributed by atoms with Crippen molar-refractivity contribution in [2.45, 2.75) is 10.8 Å². The Hall–Kier alpha value is -2.82. The van der Waals surface area contributed by atoms with Crippen LogP contribution in [0.15, 0.2) is 78.9 Å². The molecule has 0 bridgehead atoms. The number of carboxylic acid groups (broad SMARTS) is 1. The summed E-state index contributed by atoms with van der Waals surface area (Å²) >= 11 is 1.59. The summed E-state index contributed by atoms with van der Waals surface area (Å²) < 4.78 is -0.551. The molecule has 0 saturated heterocycles. The zero-order valence-electron chi connectivity index (χ0n) is 15.3. The van der Waals surface area contributed by atoms with Crippen molar-refractivity contribution >= 4 is 29.9 Å². The molecule has 0 spiro atoms. The molecule has 0 aromatic heterocycles. The van der Waals surface area contributed by atoms with Crippen LogP contribution in [0, 0.1) is 0 Å². The van der Waals surface area contributed by atoms with Crippen LogP contribution in [0.1, 0.15) is 27.8 Å². The van der Waals surface area contributed by atoms with E-state index in [9.17, 15) is 9.90 Å². The minimum atomic E-state index is -0.982. The van der Waals surface area contributed by atoms with E-state index in [0.29, 0.717) is 5.75 Å². The molecule has 3 N–H and O–H groups in total. The van der Waals surface area contributed by atoms with Gasteiger partial charge in [0.2, 0.25) is 0 Å². The first kappa shape index (κ1) is 18.5. The summed E-state index contributed by atoms with van der Waals surface area (Å²) in [6.45, 7) is 0. The lowest BCUT2D eigenvalue weighted by Gasteiger charge is -2.37. The number of hydrogen-bond acceptors (Lipinski definition) is 3. The van der Waals surface area contributed by atoms with E-state index >= 15 is 0 Å². The summed E-state index contributed by atoms with van der Waals surface area (Å²) in [7, 11) is 0. The Balaban J connectivity index is 2.01. The van der Waals surface area contributed by atoms with Crippen molar-refractivity contribution in [2.75, 3.05) is 5.75 Å². The predicted octanol–water partition coefficient (Wildman–Crippen LogP) is 4.61. The summed E-state index contributed by atoms with van der Waals surface area (Å²) in [5, 5.41) is 9.36. The molecule has 3 aromatic carbocycles. The molecule has 1 atom stereocenters. The van der Waals surface area contributed by atoms with Crippen molar-refractivity contribution in [3.8, 4) is 0 Å². The van der Waals surface area contributed by atoms with Crippen LogP contribution in [-0.4, -0.2) is 22.9 Å². The molecule has 4 heteroatoms. The first-order valence-corrected chi connectivity index (χ1v) is 10.2. The van der Waals surface area contributed by atoms with E-state index in [1.165, 1.54) is 0 Å². The quantitative estimate of drug-likeness (QED) is 0.671. The van der Waals surface area contributed by atoms with E-state index in [4.69, 9.17) is 5.73 Å². The Morgan fingerprint density at radius 3 is 1.89 bits per heavy atom. The van der Waals surface area contributed by atoms with Crippen LogP contribution in [0.4, 0.5) is 0 Å². The Bertz CT molecular complexity index is 980. The predicted molar refractivity (Wildman–Crippen MR) is 116 cm³/mol. The largest absolute Gasteiger partial charge is 0.480 e. The van der Waals surface area contributed by atoms with Gasteiger partial charge in [-0.2, -0.15) is 0 Å². The third-order valence-electron chi connectivity index (χ3n) is 5.10. The van der Waals surface area contributed by atoms with Crippen LogP contribution in [0.3, 0.4) is 0 Å². The van der Waals surface area contributed by atoms with Crippen LogP contribution in [0.25, 0.3) is 12.2 Å². The normalized spacial score (nSPS) is 15.2. The van der Waals surface area contributed by atoms with Gasteiger partial charge in [0.05, 0.1) is 4.75 Å². The topological polar surface area (TPSA) is 63.3 Å². The zero-order valence-corrected chi connectivity index (χ0v) is 16.1. The van der Waals surface area contributed by atoms with Gasteiger partial charge in [-0.15, -0.1) is 11.8 Å². The van der Waals surface area contributed by atoms with Crippen molar-refractivity contribution in [1.82, 2.24) is 0 Å². The number of benzene rings is 3. The minimum Gasteiger partial charge on any atom is -0.480 e. The van der Waals surface area contributed by atoms with E-state index in [-0.39, 0.29) is 0 Å². The molecule has 0 fully saturated rings. The molecule has 0 radical (unpaired) electrons. The fraction of sp³-hybridized carbons (Fsp3) is 0.125. The van der Waals surface area contributed by atoms with Crippen LogP contribution in [0.5, 0.6) is 0 Å². The summed E-state index contributed by atoms with van der Waals surface area (Å²) in [5.74, 6) is -0.684. The molecule has 0 saturated carbocycles. The lowest BCUT2D eigenvalue weighted by Crippen LogP contribution is -2.36. The maximum Gasteiger partial charge on any atom is 0.321 e. The first-order chi connectivity index (χ1) is 13.6. The third-order valence-corrected chi connectivity index (χ3v) is 6.73. The maximum absolute atomic E-state index is 11.4. The fourth-order valence-corrected chi connectivity index (χ4v) is 5.32. The molecule has 0 amide bonds. The number of carboxylic acids is 1. The summed E-state index contributed by atoms with van der Waals surface area (Å²) in [4.78, 5) is 11.4. The van der Waals surface area contributed by atoms with Crippen LogP contribution in [0.2, 0.25) is 0 Å².